The fourth-order valence-corrected chi connectivity index (χ4v) is 5.66. The molecule has 0 amide bonds. The molecule has 3 aliphatic rings. The molecule has 9 heteroatoms. The molecule has 3 heterocycles. The van der Waals surface area contributed by atoms with Gasteiger partial charge in [0.15, 0.2) is 11.5 Å². The summed E-state index contributed by atoms with van der Waals surface area (Å²) in [6.45, 7) is 1.96. The Morgan fingerprint density at radius 3 is 2.60 bits per heavy atom. The highest BCUT2D eigenvalue weighted by Gasteiger charge is 2.59. The highest BCUT2D eigenvalue weighted by Crippen LogP contribution is 2.44. The second kappa shape index (κ2) is 5.58. The van der Waals surface area contributed by atoms with Gasteiger partial charge in [-0.2, -0.15) is 4.31 Å². The van der Waals surface area contributed by atoms with Crippen molar-refractivity contribution >= 4 is 16.0 Å². The van der Waals surface area contributed by atoms with Gasteiger partial charge in [0.25, 0.3) is 0 Å². The molecule has 0 spiro atoms. The molecule has 0 aromatic heterocycles. The van der Waals surface area contributed by atoms with E-state index in [9.17, 15) is 18.3 Å². The molecule has 2 saturated heterocycles. The van der Waals surface area contributed by atoms with E-state index in [1.54, 1.807) is 6.07 Å². The molecule has 136 valence electrons. The molecule has 2 atom stereocenters. The molecule has 8 nitrogen and oxygen atoms in total. The summed E-state index contributed by atoms with van der Waals surface area (Å²) in [7, 11) is -1.92. The van der Waals surface area contributed by atoms with E-state index in [0.29, 0.717) is 37.8 Å². The van der Waals surface area contributed by atoms with Crippen molar-refractivity contribution in [3.8, 4) is 11.5 Å². The van der Waals surface area contributed by atoms with Gasteiger partial charge < -0.3 is 19.5 Å². The number of rotatable bonds is 3. The number of sulfonamides is 1. The first-order valence-corrected chi connectivity index (χ1v) is 9.59. The summed E-state index contributed by atoms with van der Waals surface area (Å²) in [6, 6.07) is 4.52. The van der Waals surface area contributed by atoms with Crippen molar-refractivity contribution in [1.29, 1.82) is 0 Å². The standard InChI is InChI=1S/C16H20N2O6S/c1-17-7-11-8-18(10-16(11,9-17)15(19)20)25(21,22)12-2-3-13-14(6-12)24-5-4-23-13/h2-3,6,11H,4-5,7-10H2,1H3,(H,19,20)/t11-,16-/m0/s1. The maximum atomic E-state index is 13.0. The second-order valence-electron chi connectivity index (χ2n) is 6.96. The number of carbonyl (C=O) groups is 1. The average Bonchev–Trinajstić information content (AvgIpc) is 3.08. The number of hydrogen-bond donors (Lipinski definition) is 1. The Morgan fingerprint density at radius 1 is 1.20 bits per heavy atom. The summed E-state index contributed by atoms with van der Waals surface area (Å²) in [6.07, 6.45) is 0. The van der Waals surface area contributed by atoms with Gasteiger partial charge in [-0.15, -0.1) is 0 Å². The van der Waals surface area contributed by atoms with Crippen LogP contribution in [0.25, 0.3) is 0 Å². The predicted octanol–water partition coefficient (Wildman–Crippen LogP) is 0.0947. The first kappa shape index (κ1) is 16.6. The molecule has 1 aromatic carbocycles. The molecule has 0 saturated carbocycles. The maximum absolute atomic E-state index is 13.0. The van der Waals surface area contributed by atoms with Crippen LogP contribution in [-0.4, -0.2) is 75.1 Å². The Balaban J connectivity index is 1.65. The number of aliphatic carboxylic acids is 1. The summed E-state index contributed by atoms with van der Waals surface area (Å²) in [5.41, 5.74) is -1.03. The van der Waals surface area contributed by atoms with Crippen LogP contribution in [0, 0.1) is 11.3 Å². The number of hydrogen-bond acceptors (Lipinski definition) is 6. The maximum Gasteiger partial charge on any atom is 0.312 e. The van der Waals surface area contributed by atoms with Crippen LogP contribution in [0.2, 0.25) is 0 Å². The average molecular weight is 368 g/mol. The Morgan fingerprint density at radius 2 is 1.92 bits per heavy atom. The first-order chi connectivity index (χ1) is 11.8. The molecule has 1 N–H and O–H groups in total. The van der Waals surface area contributed by atoms with E-state index in [2.05, 4.69) is 0 Å². The Kier molecular flexibility index (Phi) is 3.71. The van der Waals surface area contributed by atoms with Gasteiger partial charge in [0.05, 0.1) is 10.3 Å². The minimum Gasteiger partial charge on any atom is -0.486 e. The number of nitrogens with zero attached hydrogens (tertiary/aromatic N) is 2. The minimum absolute atomic E-state index is 0.00584. The van der Waals surface area contributed by atoms with Gasteiger partial charge in [-0.3, -0.25) is 4.79 Å². The van der Waals surface area contributed by atoms with Gasteiger partial charge in [-0.05, 0) is 19.2 Å². The van der Waals surface area contributed by atoms with Crippen molar-refractivity contribution in [3.63, 3.8) is 0 Å². The topological polar surface area (TPSA) is 96.4 Å². The summed E-state index contributed by atoms with van der Waals surface area (Å²) >= 11 is 0. The Labute approximate surface area is 146 Å². The summed E-state index contributed by atoms with van der Waals surface area (Å²) in [5, 5.41) is 9.72. The molecular weight excluding hydrogens is 348 g/mol. The van der Waals surface area contributed by atoms with Crippen LogP contribution in [0.4, 0.5) is 0 Å². The lowest BCUT2D eigenvalue weighted by molar-refractivity contribution is -0.148. The van der Waals surface area contributed by atoms with Crippen molar-refractivity contribution in [1.82, 2.24) is 9.21 Å². The molecule has 0 aliphatic carbocycles. The molecule has 0 unspecified atom stereocenters. The highest BCUT2D eigenvalue weighted by molar-refractivity contribution is 7.89. The number of likely N-dealkylation sites (tertiary alicyclic amines) is 1. The van der Waals surface area contributed by atoms with E-state index in [-0.39, 0.29) is 23.9 Å². The van der Waals surface area contributed by atoms with Crippen LogP contribution in [0.3, 0.4) is 0 Å². The largest absolute Gasteiger partial charge is 0.486 e. The normalized spacial score (nSPS) is 29.6. The van der Waals surface area contributed by atoms with Crippen molar-refractivity contribution in [2.75, 3.05) is 46.4 Å². The van der Waals surface area contributed by atoms with Crippen molar-refractivity contribution in [3.05, 3.63) is 18.2 Å². The lowest BCUT2D eigenvalue weighted by Crippen LogP contribution is -2.41. The number of carboxylic acids is 1. The lowest BCUT2D eigenvalue weighted by atomic mass is 9.81. The van der Waals surface area contributed by atoms with Gasteiger partial charge in [0.2, 0.25) is 10.0 Å². The van der Waals surface area contributed by atoms with Crippen LogP contribution in [0.15, 0.2) is 23.1 Å². The fourth-order valence-electron chi connectivity index (χ4n) is 4.09. The number of benzene rings is 1. The van der Waals surface area contributed by atoms with E-state index < -0.39 is 21.4 Å². The van der Waals surface area contributed by atoms with Gasteiger partial charge in [0, 0.05) is 38.2 Å². The quantitative estimate of drug-likeness (QED) is 0.808. The zero-order valence-corrected chi connectivity index (χ0v) is 14.7. The van der Waals surface area contributed by atoms with E-state index in [4.69, 9.17) is 9.47 Å². The van der Waals surface area contributed by atoms with E-state index in [1.165, 1.54) is 16.4 Å². The Bertz CT molecular complexity index is 826. The molecular formula is C16H20N2O6S. The zero-order valence-electron chi connectivity index (χ0n) is 13.8. The lowest BCUT2D eigenvalue weighted by Gasteiger charge is -2.24. The first-order valence-electron chi connectivity index (χ1n) is 8.15. The zero-order chi connectivity index (χ0) is 17.8. The monoisotopic (exact) mass is 368 g/mol. The smallest absolute Gasteiger partial charge is 0.312 e. The molecule has 0 radical (unpaired) electrons. The summed E-state index contributed by atoms with van der Waals surface area (Å²) in [4.78, 5) is 13.9. The summed E-state index contributed by atoms with van der Waals surface area (Å²) in [5.74, 6) is -0.213. The fraction of sp³-hybridized carbons (Fsp3) is 0.562. The third kappa shape index (κ3) is 2.49. The van der Waals surface area contributed by atoms with Gasteiger partial charge >= 0.3 is 5.97 Å². The van der Waals surface area contributed by atoms with Gasteiger partial charge in [-0.25, -0.2) is 8.42 Å². The highest BCUT2D eigenvalue weighted by atomic mass is 32.2. The SMILES string of the molecule is CN1C[C@H]2CN(S(=O)(=O)c3ccc4c(c3)OCCO4)C[C@@]2(C(=O)O)C1. The van der Waals surface area contributed by atoms with Crippen molar-refractivity contribution < 1.29 is 27.8 Å². The molecule has 0 bridgehead atoms. The van der Waals surface area contributed by atoms with E-state index >= 15 is 0 Å². The summed E-state index contributed by atoms with van der Waals surface area (Å²) < 4.78 is 38.2. The third-order valence-electron chi connectivity index (χ3n) is 5.33. The van der Waals surface area contributed by atoms with Crippen LogP contribution < -0.4 is 9.47 Å². The van der Waals surface area contributed by atoms with Crippen LogP contribution >= 0.6 is 0 Å². The molecule has 2 fully saturated rings. The predicted molar refractivity (Wildman–Crippen MR) is 87.2 cm³/mol. The van der Waals surface area contributed by atoms with Crippen LogP contribution in [0.5, 0.6) is 11.5 Å². The van der Waals surface area contributed by atoms with E-state index in [0.717, 1.165) is 0 Å². The van der Waals surface area contributed by atoms with Crippen LogP contribution in [0.1, 0.15) is 0 Å². The Hall–Kier alpha value is -1.84. The number of carboxylic acid groups (broad SMARTS) is 1. The number of ether oxygens (including phenoxy) is 2. The second-order valence-corrected chi connectivity index (χ2v) is 8.90. The van der Waals surface area contributed by atoms with Crippen LogP contribution in [-0.2, 0) is 14.8 Å². The van der Waals surface area contributed by atoms with Crippen molar-refractivity contribution in [2.45, 2.75) is 4.90 Å². The molecule has 25 heavy (non-hydrogen) atoms. The molecule has 3 aliphatic heterocycles. The molecule has 4 rings (SSSR count). The number of fused-ring (bicyclic) bond motifs is 2. The van der Waals surface area contributed by atoms with E-state index in [1.807, 2.05) is 11.9 Å². The minimum atomic E-state index is -3.79. The third-order valence-corrected chi connectivity index (χ3v) is 7.13. The van der Waals surface area contributed by atoms with Crippen molar-refractivity contribution in [2.24, 2.45) is 11.3 Å². The van der Waals surface area contributed by atoms with Gasteiger partial charge in [-0.1, -0.05) is 0 Å². The van der Waals surface area contributed by atoms with Gasteiger partial charge in [0.1, 0.15) is 13.2 Å². The molecule has 1 aromatic rings.